The lowest BCUT2D eigenvalue weighted by atomic mass is 9.97. The van der Waals surface area contributed by atoms with Gasteiger partial charge in [-0.25, -0.2) is 4.79 Å². The molecule has 5 N–H and O–H groups in total. The Morgan fingerprint density at radius 1 is 1.10 bits per heavy atom. The molecule has 20 heavy (non-hydrogen) atoms. The van der Waals surface area contributed by atoms with Crippen molar-refractivity contribution >= 4 is 17.9 Å². The zero-order valence-corrected chi connectivity index (χ0v) is 12.0. The zero-order chi connectivity index (χ0) is 15.4. The minimum atomic E-state index is -0.788. The van der Waals surface area contributed by atoms with Gasteiger partial charge in [-0.15, -0.1) is 0 Å². The van der Waals surface area contributed by atoms with Crippen molar-refractivity contribution in [2.24, 2.45) is 11.7 Å². The number of carboxylic acid groups (broad SMARTS) is 1. The number of hydrogen-bond donors (Lipinski definition) is 4. The Kier molecular flexibility index (Phi) is 10.1. The van der Waals surface area contributed by atoms with E-state index in [1.807, 2.05) is 6.92 Å². The average Bonchev–Trinajstić information content (AvgIpc) is 2.38. The van der Waals surface area contributed by atoms with Crippen molar-refractivity contribution < 1.29 is 19.5 Å². The summed E-state index contributed by atoms with van der Waals surface area (Å²) in [6.45, 7) is 2.93. The Morgan fingerprint density at radius 3 is 2.30 bits per heavy atom. The SMILES string of the molecule is CCC(CCNC(=O)NCCCC(N)=O)CCC(=O)O. The van der Waals surface area contributed by atoms with E-state index in [1.165, 1.54) is 0 Å². The fraction of sp³-hybridized carbons (Fsp3) is 0.769. The average molecular weight is 287 g/mol. The topological polar surface area (TPSA) is 122 Å². The number of carbonyl (C=O) groups is 3. The molecule has 0 aromatic rings. The molecule has 0 aliphatic rings. The number of nitrogens with two attached hydrogens (primary N) is 1. The number of carbonyl (C=O) groups excluding carboxylic acids is 2. The number of amides is 3. The van der Waals surface area contributed by atoms with E-state index in [0.717, 1.165) is 12.8 Å². The van der Waals surface area contributed by atoms with Crippen molar-refractivity contribution in [2.75, 3.05) is 13.1 Å². The second kappa shape index (κ2) is 11.1. The van der Waals surface area contributed by atoms with Crippen molar-refractivity contribution in [1.29, 1.82) is 0 Å². The summed E-state index contributed by atoms with van der Waals surface area (Å²) in [7, 11) is 0. The summed E-state index contributed by atoms with van der Waals surface area (Å²) in [5, 5.41) is 14.0. The van der Waals surface area contributed by atoms with E-state index in [9.17, 15) is 14.4 Å². The van der Waals surface area contributed by atoms with Crippen LogP contribution in [0.15, 0.2) is 0 Å². The van der Waals surface area contributed by atoms with Crippen molar-refractivity contribution in [3.05, 3.63) is 0 Å². The second-order valence-electron chi connectivity index (χ2n) is 4.75. The first-order chi connectivity index (χ1) is 9.45. The summed E-state index contributed by atoms with van der Waals surface area (Å²) in [5.41, 5.74) is 4.98. The van der Waals surface area contributed by atoms with Crippen LogP contribution < -0.4 is 16.4 Å². The van der Waals surface area contributed by atoms with Crippen molar-refractivity contribution in [3.8, 4) is 0 Å². The standard InChI is InChI=1S/C13H25N3O4/c1-2-10(5-6-12(18)19)7-9-16-13(20)15-8-3-4-11(14)17/h10H,2-9H2,1H3,(H2,14,17)(H,18,19)(H2,15,16,20). The summed E-state index contributed by atoms with van der Waals surface area (Å²) in [6.07, 6.45) is 3.24. The molecular formula is C13H25N3O4. The zero-order valence-electron chi connectivity index (χ0n) is 12.0. The molecule has 3 amide bonds. The largest absolute Gasteiger partial charge is 0.481 e. The van der Waals surface area contributed by atoms with Crippen LogP contribution in [0.3, 0.4) is 0 Å². The Balaban J connectivity index is 3.62. The summed E-state index contributed by atoms with van der Waals surface area (Å²) in [6, 6.07) is -0.275. The first-order valence-electron chi connectivity index (χ1n) is 6.97. The van der Waals surface area contributed by atoms with Gasteiger partial charge in [0.25, 0.3) is 0 Å². The van der Waals surface area contributed by atoms with Crippen molar-refractivity contribution in [1.82, 2.24) is 10.6 Å². The molecule has 0 aromatic heterocycles. The number of urea groups is 1. The third-order valence-electron chi connectivity index (χ3n) is 3.07. The molecule has 0 heterocycles. The van der Waals surface area contributed by atoms with Gasteiger partial charge in [-0.05, 0) is 25.2 Å². The van der Waals surface area contributed by atoms with Crippen LogP contribution in [0.25, 0.3) is 0 Å². The third kappa shape index (κ3) is 11.3. The van der Waals surface area contributed by atoms with Gasteiger partial charge < -0.3 is 21.5 Å². The first-order valence-corrected chi connectivity index (χ1v) is 6.97. The van der Waals surface area contributed by atoms with E-state index in [1.54, 1.807) is 0 Å². The summed E-state index contributed by atoms with van der Waals surface area (Å²) in [4.78, 5) is 32.4. The molecule has 0 aromatic carbocycles. The van der Waals surface area contributed by atoms with Crippen LogP contribution in [0.1, 0.15) is 45.4 Å². The Bertz CT molecular complexity index is 321. The van der Waals surface area contributed by atoms with Crippen LogP contribution >= 0.6 is 0 Å². The highest BCUT2D eigenvalue weighted by Crippen LogP contribution is 2.14. The highest BCUT2D eigenvalue weighted by molar-refractivity contribution is 5.74. The predicted molar refractivity (Wildman–Crippen MR) is 75.1 cm³/mol. The van der Waals surface area contributed by atoms with Gasteiger partial charge in [0, 0.05) is 25.9 Å². The van der Waals surface area contributed by atoms with E-state index in [2.05, 4.69) is 10.6 Å². The Hall–Kier alpha value is -1.79. The maximum atomic E-state index is 11.4. The van der Waals surface area contributed by atoms with Gasteiger partial charge >= 0.3 is 12.0 Å². The molecule has 0 saturated heterocycles. The lowest BCUT2D eigenvalue weighted by Gasteiger charge is -2.14. The number of aliphatic carboxylic acids is 1. The fourth-order valence-corrected chi connectivity index (χ4v) is 1.80. The Morgan fingerprint density at radius 2 is 1.75 bits per heavy atom. The molecular weight excluding hydrogens is 262 g/mol. The van der Waals surface area contributed by atoms with Crippen LogP contribution in [0, 0.1) is 5.92 Å². The molecule has 0 spiro atoms. The highest BCUT2D eigenvalue weighted by atomic mass is 16.4. The quantitative estimate of drug-likeness (QED) is 0.420. The van der Waals surface area contributed by atoms with E-state index >= 15 is 0 Å². The summed E-state index contributed by atoms with van der Waals surface area (Å²) >= 11 is 0. The number of rotatable bonds is 11. The van der Waals surface area contributed by atoms with Gasteiger partial charge in [0.2, 0.25) is 5.91 Å². The highest BCUT2D eigenvalue weighted by Gasteiger charge is 2.09. The number of carboxylic acids is 1. The lowest BCUT2D eigenvalue weighted by molar-refractivity contribution is -0.137. The molecule has 0 fully saturated rings. The molecule has 7 heteroatoms. The van der Waals surface area contributed by atoms with Crippen LogP contribution in [-0.2, 0) is 9.59 Å². The number of hydrogen-bond acceptors (Lipinski definition) is 3. The second-order valence-corrected chi connectivity index (χ2v) is 4.75. The molecule has 0 saturated carbocycles. The summed E-state index contributed by atoms with van der Waals surface area (Å²) < 4.78 is 0. The molecule has 116 valence electrons. The molecule has 0 bridgehead atoms. The van der Waals surface area contributed by atoms with Gasteiger partial charge in [0.1, 0.15) is 0 Å². The minimum absolute atomic E-state index is 0.165. The molecule has 0 radical (unpaired) electrons. The minimum Gasteiger partial charge on any atom is -0.481 e. The maximum absolute atomic E-state index is 11.4. The van der Waals surface area contributed by atoms with Crippen LogP contribution in [0.5, 0.6) is 0 Å². The predicted octanol–water partition coefficient (Wildman–Crippen LogP) is 0.832. The van der Waals surface area contributed by atoms with E-state index in [-0.39, 0.29) is 24.8 Å². The van der Waals surface area contributed by atoms with Gasteiger partial charge in [0.15, 0.2) is 0 Å². The molecule has 7 nitrogen and oxygen atoms in total. The molecule has 1 unspecified atom stereocenters. The van der Waals surface area contributed by atoms with Crippen molar-refractivity contribution in [2.45, 2.75) is 45.4 Å². The number of nitrogens with one attached hydrogen (secondary N) is 2. The maximum Gasteiger partial charge on any atom is 0.314 e. The normalized spacial score (nSPS) is 11.7. The van der Waals surface area contributed by atoms with Crippen LogP contribution in [0.4, 0.5) is 4.79 Å². The van der Waals surface area contributed by atoms with Crippen molar-refractivity contribution in [3.63, 3.8) is 0 Å². The lowest BCUT2D eigenvalue weighted by Crippen LogP contribution is -2.37. The number of primary amides is 1. The van der Waals surface area contributed by atoms with Gasteiger partial charge in [-0.2, -0.15) is 0 Å². The molecule has 0 aliphatic heterocycles. The summed E-state index contributed by atoms with van der Waals surface area (Å²) in [5.74, 6) is -0.860. The smallest absolute Gasteiger partial charge is 0.314 e. The van der Waals surface area contributed by atoms with E-state index in [0.29, 0.717) is 31.8 Å². The van der Waals surface area contributed by atoms with E-state index < -0.39 is 5.97 Å². The fourth-order valence-electron chi connectivity index (χ4n) is 1.80. The van der Waals surface area contributed by atoms with Crippen LogP contribution in [-0.4, -0.2) is 36.1 Å². The molecule has 0 aliphatic carbocycles. The monoisotopic (exact) mass is 287 g/mol. The Labute approximate surface area is 119 Å². The molecule has 0 rings (SSSR count). The molecule has 1 atom stereocenters. The first kappa shape index (κ1) is 18.2. The van der Waals surface area contributed by atoms with E-state index in [4.69, 9.17) is 10.8 Å². The van der Waals surface area contributed by atoms with Gasteiger partial charge in [0.05, 0.1) is 0 Å². The van der Waals surface area contributed by atoms with Gasteiger partial charge in [-0.1, -0.05) is 13.3 Å². The third-order valence-corrected chi connectivity index (χ3v) is 3.07. The van der Waals surface area contributed by atoms with Gasteiger partial charge in [-0.3, -0.25) is 9.59 Å². The van der Waals surface area contributed by atoms with Crippen LogP contribution in [0.2, 0.25) is 0 Å².